The molecule has 5 nitrogen and oxygen atoms in total. The van der Waals surface area contributed by atoms with Gasteiger partial charge in [0.2, 0.25) is 0 Å². The van der Waals surface area contributed by atoms with E-state index in [4.69, 9.17) is 15.3 Å². The molecule has 1 aliphatic heterocycles. The fourth-order valence-corrected chi connectivity index (χ4v) is 1.07. The number of carbonyl (C=O) groups is 1. The first kappa shape index (κ1) is 11.6. The van der Waals surface area contributed by atoms with Crippen molar-refractivity contribution in [2.24, 2.45) is 0 Å². The summed E-state index contributed by atoms with van der Waals surface area (Å²) >= 11 is 0. The maximum atomic E-state index is 10.4. The van der Waals surface area contributed by atoms with Gasteiger partial charge in [-0.05, 0) is 0 Å². The largest absolute Gasteiger partial charge is 0.480 e. The lowest BCUT2D eigenvalue weighted by molar-refractivity contribution is -0.142. The van der Waals surface area contributed by atoms with Crippen molar-refractivity contribution in [1.82, 2.24) is 5.32 Å². The average Bonchev–Trinajstić information content (AvgIpc) is 1.94. The van der Waals surface area contributed by atoms with Crippen LogP contribution in [0.25, 0.3) is 0 Å². The van der Waals surface area contributed by atoms with Gasteiger partial charge in [0.1, 0.15) is 6.04 Å². The SMILES string of the molecule is Cl.O=C(O)C1CC(O)C(O)CN1. The van der Waals surface area contributed by atoms with Crippen LogP contribution in [-0.2, 0) is 4.79 Å². The summed E-state index contributed by atoms with van der Waals surface area (Å²) in [5.74, 6) is -0.990. The van der Waals surface area contributed by atoms with Gasteiger partial charge in [-0.1, -0.05) is 0 Å². The van der Waals surface area contributed by atoms with E-state index >= 15 is 0 Å². The molecule has 1 heterocycles. The van der Waals surface area contributed by atoms with Crippen molar-refractivity contribution in [3.63, 3.8) is 0 Å². The summed E-state index contributed by atoms with van der Waals surface area (Å²) in [5, 5.41) is 29.1. The number of carboxylic acid groups (broad SMARTS) is 1. The first-order valence-corrected chi connectivity index (χ1v) is 3.43. The summed E-state index contributed by atoms with van der Waals surface area (Å²) in [4.78, 5) is 10.4. The molecule has 1 aliphatic rings. The second kappa shape index (κ2) is 4.61. The lowest BCUT2D eigenvalue weighted by Crippen LogP contribution is -2.52. The molecule has 0 bridgehead atoms. The van der Waals surface area contributed by atoms with Crippen LogP contribution >= 0.6 is 12.4 Å². The number of nitrogens with one attached hydrogen (secondary N) is 1. The number of rotatable bonds is 1. The standard InChI is InChI=1S/C6H11NO4.ClH/c8-4-1-3(6(10)11)7-2-5(4)9;/h3-5,7-9H,1-2H2,(H,10,11);1H. The van der Waals surface area contributed by atoms with Crippen LogP contribution in [-0.4, -0.2) is 46.1 Å². The molecular formula is C6H12ClNO4. The fraction of sp³-hybridized carbons (Fsp3) is 0.833. The van der Waals surface area contributed by atoms with Crippen LogP contribution in [0.2, 0.25) is 0 Å². The van der Waals surface area contributed by atoms with Crippen LogP contribution in [0.4, 0.5) is 0 Å². The van der Waals surface area contributed by atoms with Crippen molar-refractivity contribution < 1.29 is 20.1 Å². The molecule has 0 amide bonds. The lowest BCUT2D eigenvalue weighted by atomic mass is 10.00. The number of halogens is 1. The van der Waals surface area contributed by atoms with Crippen molar-refractivity contribution in [3.05, 3.63) is 0 Å². The van der Waals surface area contributed by atoms with Gasteiger partial charge in [-0.2, -0.15) is 0 Å². The Bertz CT molecular complexity index is 166. The van der Waals surface area contributed by atoms with Crippen LogP contribution in [0.5, 0.6) is 0 Å². The Labute approximate surface area is 75.8 Å². The number of carboxylic acids is 1. The Morgan fingerprint density at radius 1 is 1.33 bits per heavy atom. The van der Waals surface area contributed by atoms with Crippen molar-refractivity contribution >= 4 is 18.4 Å². The Morgan fingerprint density at radius 3 is 2.33 bits per heavy atom. The normalized spacial score (nSPS) is 35.3. The van der Waals surface area contributed by atoms with E-state index in [1.54, 1.807) is 0 Å². The molecule has 0 saturated carbocycles. The van der Waals surface area contributed by atoms with Gasteiger partial charge in [0, 0.05) is 13.0 Å². The minimum absolute atomic E-state index is 0. The number of aliphatic carboxylic acids is 1. The van der Waals surface area contributed by atoms with E-state index < -0.39 is 24.2 Å². The van der Waals surface area contributed by atoms with Crippen LogP contribution in [0.1, 0.15) is 6.42 Å². The van der Waals surface area contributed by atoms with Crippen molar-refractivity contribution in [3.8, 4) is 0 Å². The van der Waals surface area contributed by atoms with E-state index in [1.165, 1.54) is 0 Å². The molecule has 4 N–H and O–H groups in total. The molecule has 0 aromatic rings. The molecule has 1 fully saturated rings. The van der Waals surface area contributed by atoms with E-state index in [0.717, 1.165) is 0 Å². The zero-order valence-corrected chi connectivity index (χ0v) is 7.12. The highest BCUT2D eigenvalue weighted by Gasteiger charge is 2.30. The third-order valence-corrected chi connectivity index (χ3v) is 1.79. The first-order valence-electron chi connectivity index (χ1n) is 3.43. The maximum Gasteiger partial charge on any atom is 0.320 e. The molecule has 0 aromatic heterocycles. The van der Waals surface area contributed by atoms with Gasteiger partial charge >= 0.3 is 5.97 Å². The lowest BCUT2D eigenvalue weighted by Gasteiger charge is -2.28. The van der Waals surface area contributed by atoms with E-state index in [9.17, 15) is 4.79 Å². The molecule has 12 heavy (non-hydrogen) atoms. The van der Waals surface area contributed by atoms with Crippen LogP contribution < -0.4 is 5.32 Å². The molecule has 0 aliphatic carbocycles. The Balaban J connectivity index is 0.00000121. The number of hydrogen-bond acceptors (Lipinski definition) is 4. The fourth-order valence-electron chi connectivity index (χ4n) is 1.07. The van der Waals surface area contributed by atoms with E-state index in [-0.39, 0.29) is 25.4 Å². The summed E-state index contributed by atoms with van der Waals surface area (Å²) in [7, 11) is 0. The van der Waals surface area contributed by atoms with Gasteiger partial charge in [0.05, 0.1) is 12.2 Å². The second-order valence-electron chi connectivity index (χ2n) is 2.67. The molecule has 1 saturated heterocycles. The molecule has 1 rings (SSSR count). The molecule has 3 atom stereocenters. The molecule has 0 aromatic carbocycles. The Kier molecular flexibility index (Phi) is 4.47. The summed E-state index contributed by atoms with van der Waals surface area (Å²) in [6.45, 7) is 0.137. The molecule has 0 radical (unpaired) electrons. The highest BCUT2D eigenvalue weighted by atomic mass is 35.5. The third kappa shape index (κ3) is 2.60. The van der Waals surface area contributed by atoms with Gasteiger partial charge in [-0.3, -0.25) is 4.79 Å². The molecule has 0 spiro atoms. The van der Waals surface area contributed by atoms with Crippen molar-refractivity contribution in [1.29, 1.82) is 0 Å². The first-order chi connectivity index (χ1) is 5.11. The monoisotopic (exact) mass is 197 g/mol. The quantitative estimate of drug-likeness (QED) is 0.414. The van der Waals surface area contributed by atoms with Crippen LogP contribution in [0.15, 0.2) is 0 Å². The van der Waals surface area contributed by atoms with Gasteiger partial charge in [0.25, 0.3) is 0 Å². The highest BCUT2D eigenvalue weighted by molar-refractivity contribution is 5.85. The summed E-state index contributed by atoms with van der Waals surface area (Å²) < 4.78 is 0. The third-order valence-electron chi connectivity index (χ3n) is 1.79. The predicted molar refractivity (Wildman–Crippen MR) is 43.3 cm³/mol. The van der Waals surface area contributed by atoms with Crippen molar-refractivity contribution in [2.75, 3.05) is 6.54 Å². The Hall–Kier alpha value is -0.360. The van der Waals surface area contributed by atoms with E-state index in [1.807, 2.05) is 0 Å². The number of aliphatic hydroxyl groups is 2. The highest BCUT2D eigenvalue weighted by Crippen LogP contribution is 2.08. The van der Waals surface area contributed by atoms with Crippen LogP contribution in [0, 0.1) is 0 Å². The molecule has 6 heteroatoms. The second-order valence-corrected chi connectivity index (χ2v) is 2.67. The number of β-amino-alcohol motifs (C(OH)–C–C–N with tert-alkyl or cyclic N) is 1. The summed E-state index contributed by atoms with van der Waals surface area (Å²) in [5.41, 5.74) is 0. The Morgan fingerprint density at radius 2 is 1.92 bits per heavy atom. The van der Waals surface area contributed by atoms with Gasteiger partial charge < -0.3 is 20.6 Å². The minimum Gasteiger partial charge on any atom is -0.480 e. The van der Waals surface area contributed by atoms with E-state index in [2.05, 4.69) is 5.32 Å². The van der Waals surface area contributed by atoms with Gasteiger partial charge in [0.15, 0.2) is 0 Å². The number of hydrogen-bond donors (Lipinski definition) is 4. The van der Waals surface area contributed by atoms with Crippen molar-refractivity contribution in [2.45, 2.75) is 24.7 Å². The van der Waals surface area contributed by atoms with E-state index in [0.29, 0.717) is 0 Å². The molecule has 3 unspecified atom stereocenters. The molecular weight excluding hydrogens is 186 g/mol. The predicted octanol–water partition coefficient (Wildman–Crippen LogP) is -1.42. The van der Waals surface area contributed by atoms with Crippen LogP contribution in [0.3, 0.4) is 0 Å². The zero-order chi connectivity index (χ0) is 8.43. The average molecular weight is 198 g/mol. The van der Waals surface area contributed by atoms with Gasteiger partial charge in [-0.25, -0.2) is 0 Å². The summed E-state index contributed by atoms with van der Waals surface area (Å²) in [6, 6.07) is -0.728. The summed E-state index contributed by atoms with van der Waals surface area (Å²) in [6.07, 6.45) is -1.70. The maximum absolute atomic E-state index is 10.4. The zero-order valence-electron chi connectivity index (χ0n) is 6.30. The minimum atomic E-state index is -0.990. The smallest absolute Gasteiger partial charge is 0.320 e. The topological polar surface area (TPSA) is 89.8 Å². The number of aliphatic hydroxyl groups excluding tert-OH is 2. The molecule has 72 valence electrons. The number of piperidine rings is 1. The van der Waals surface area contributed by atoms with Gasteiger partial charge in [-0.15, -0.1) is 12.4 Å².